The van der Waals surface area contributed by atoms with E-state index in [1.54, 1.807) is 6.07 Å². The number of pyridine rings is 1. The summed E-state index contributed by atoms with van der Waals surface area (Å²) in [7, 11) is 0. The van der Waals surface area contributed by atoms with Crippen molar-refractivity contribution in [3.63, 3.8) is 0 Å². The number of rotatable bonds is 3. The van der Waals surface area contributed by atoms with E-state index in [9.17, 15) is 19.7 Å². The van der Waals surface area contributed by atoms with Crippen LogP contribution < -0.4 is 11.2 Å². The molecule has 0 saturated carbocycles. The summed E-state index contributed by atoms with van der Waals surface area (Å²) in [4.78, 5) is 34.5. The minimum atomic E-state index is -0.567. The monoisotopic (exact) mass is 348 g/mol. The highest BCUT2D eigenvalue weighted by Crippen LogP contribution is 2.27. The molecule has 0 atom stereocenters. The lowest BCUT2D eigenvalue weighted by Crippen LogP contribution is -2.20. The van der Waals surface area contributed by atoms with Crippen LogP contribution in [0.1, 0.15) is 5.56 Å². The van der Waals surface area contributed by atoms with E-state index < -0.39 is 16.1 Å². The highest BCUT2D eigenvalue weighted by molar-refractivity contribution is 6.07. The quantitative estimate of drug-likeness (QED) is 0.245. The van der Waals surface area contributed by atoms with Crippen molar-refractivity contribution >= 4 is 27.4 Å². The van der Waals surface area contributed by atoms with E-state index in [0.717, 1.165) is 22.9 Å². The van der Waals surface area contributed by atoms with Crippen molar-refractivity contribution < 1.29 is 9.34 Å². The average molecular weight is 348 g/mol. The normalized spacial score (nSPS) is 11.1. The van der Waals surface area contributed by atoms with Crippen LogP contribution in [-0.2, 0) is 6.54 Å². The zero-order valence-corrected chi connectivity index (χ0v) is 13.4. The fourth-order valence-electron chi connectivity index (χ4n) is 3.08. The fourth-order valence-corrected chi connectivity index (χ4v) is 3.08. The zero-order valence-electron chi connectivity index (χ0n) is 13.4. The highest BCUT2D eigenvalue weighted by Gasteiger charge is 2.13. The molecule has 0 unspecified atom stereocenters. The Balaban J connectivity index is 1.99. The molecular formula is C19H12N2O5. The van der Waals surface area contributed by atoms with Crippen LogP contribution in [0.25, 0.3) is 21.7 Å². The van der Waals surface area contributed by atoms with Gasteiger partial charge in [-0.15, -0.1) is 0 Å². The Labute approximate surface area is 145 Å². The summed E-state index contributed by atoms with van der Waals surface area (Å²) in [6.07, 6.45) is 1.17. The molecule has 0 aliphatic heterocycles. The van der Waals surface area contributed by atoms with Gasteiger partial charge in [-0.1, -0.05) is 30.3 Å². The van der Waals surface area contributed by atoms with Gasteiger partial charge in [0, 0.05) is 23.6 Å². The molecule has 0 aliphatic carbocycles. The van der Waals surface area contributed by atoms with E-state index in [-0.39, 0.29) is 12.2 Å². The number of benzene rings is 2. The van der Waals surface area contributed by atoms with Gasteiger partial charge in [-0.3, -0.25) is 14.9 Å². The summed E-state index contributed by atoms with van der Waals surface area (Å²) in [5.74, 6) is 0. The number of aromatic nitrogens is 1. The summed E-state index contributed by atoms with van der Waals surface area (Å²) in [5, 5.41) is 13.5. The van der Waals surface area contributed by atoms with Gasteiger partial charge >= 0.3 is 5.63 Å². The van der Waals surface area contributed by atoms with Crippen molar-refractivity contribution in [3.05, 3.63) is 97.2 Å². The summed E-state index contributed by atoms with van der Waals surface area (Å²) in [6.45, 7) is 0.0244. The van der Waals surface area contributed by atoms with Gasteiger partial charge in [-0.2, -0.15) is 0 Å². The lowest BCUT2D eigenvalue weighted by Gasteiger charge is -2.10. The van der Waals surface area contributed by atoms with Gasteiger partial charge in [0.2, 0.25) is 0 Å². The Morgan fingerprint density at radius 1 is 1.04 bits per heavy atom. The van der Waals surface area contributed by atoms with Crippen molar-refractivity contribution in [3.8, 4) is 0 Å². The molecule has 4 aromatic rings. The van der Waals surface area contributed by atoms with Gasteiger partial charge in [-0.05, 0) is 22.4 Å². The molecule has 0 bridgehead atoms. The second-order valence-electron chi connectivity index (χ2n) is 5.86. The summed E-state index contributed by atoms with van der Waals surface area (Å²) < 4.78 is 6.51. The third-order valence-electron chi connectivity index (χ3n) is 4.23. The number of nitrogens with zero attached hydrogens (tertiary/aromatic N) is 2. The lowest BCUT2D eigenvalue weighted by atomic mass is 10.0. The average Bonchev–Trinajstić information content (AvgIpc) is 2.62. The Bertz CT molecular complexity index is 1290. The van der Waals surface area contributed by atoms with Crippen LogP contribution in [0.3, 0.4) is 0 Å². The Hall–Kier alpha value is -3.74. The zero-order chi connectivity index (χ0) is 18.3. The molecule has 0 radical (unpaired) electrons. The molecule has 0 aliphatic rings. The molecule has 7 nitrogen and oxygen atoms in total. The van der Waals surface area contributed by atoms with Gasteiger partial charge in [0.1, 0.15) is 5.58 Å². The molecule has 26 heavy (non-hydrogen) atoms. The van der Waals surface area contributed by atoms with Crippen LogP contribution in [0.2, 0.25) is 0 Å². The standard InChI is InChI=1S/C19H12N2O5/c22-17-8-6-14(21(24)25)11-20(17)10-13-9-18(23)26-16-7-5-12-3-1-2-4-15(12)19(13)16/h1-9,11H,10H2. The van der Waals surface area contributed by atoms with E-state index in [2.05, 4.69) is 0 Å². The second-order valence-corrected chi connectivity index (χ2v) is 5.86. The summed E-state index contributed by atoms with van der Waals surface area (Å²) in [5.41, 5.74) is -0.152. The van der Waals surface area contributed by atoms with Gasteiger partial charge in [-0.25, -0.2) is 4.79 Å². The molecule has 7 heteroatoms. The van der Waals surface area contributed by atoms with Gasteiger partial charge in [0.25, 0.3) is 11.2 Å². The molecule has 0 spiro atoms. The smallest absolute Gasteiger partial charge is 0.336 e. The van der Waals surface area contributed by atoms with Crippen LogP contribution in [0.5, 0.6) is 0 Å². The number of nitro groups is 1. The van der Waals surface area contributed by atoms with E-state index in [1.165, 1.54) is 16.8 Å². The first-order valence-corrected chi connectivity index (χ1v) is 7.82. The number of fused-ring (bicyclic) bond motifs is 3. The SMILES string of the molecule is O=c1cc(Cn2cc([N+](=O)[O-])ccc2=O)c2c(ccc3ccccc32)o1. The third kappa shape index (κ3) is 2.65. The topological polar surface area (TPSA) is 95.4 Å². The molecule has 2 heterocycles. The second kappa shape index (κ2) is 5.96. The van der Waals surface area contributed by atoms with Crippen molar-refractivity contribution in [2.75, 3.05) is 0 Å². The van der Waals surface area contributed by atoms with Crippen LogP contribution in [0.15, 0.2) is 74.8 Å². The third-order valence-corrected chi connectivity index (χ3v) is 4.23. The maximum absolute atomic E-state index is 12.1. The molecule has 4 rings (SSSR count). The van der Waals surface area contributed by atoms with E-state index in [0.29, 0.717) is 16.5 Å². The fraction of sp³-hybridized carbons (Fsp3) is 0.0526. The van der Waals surface area contributed by atoms with E-state index in [4.69, 9.17) is 4.42 Å². The van der Waals surface area contributed by atoms with Crippen molar-refractivity contribution in [1.29, 1.82) is 0 Å². The summed E-state index contributed by atoms with van der Waals surface area (Å²) >= 11 is 0. The first-order chi connectivity index (χ1) is 12.5. The van der Waals surface area contributed by atoms with E-state index in [1.807, 2.05) is 30.3 Å². The molecule has 128 valence electrons. The van der Waals surface area contributed by atoms with Crippen molar-refractivity contribution in [2.24, 2.45) is 0 Å². The Morgan fingerprint density at radius 3 is 2.65 bits per heavy atom. The summed E-state index contributed by atoms with van der Waals surface area (Å²) in [6, 6.07) is 14.8. The first-order valence-electron chi connectivity index (χ1n) is 7.82. The van der Waals surface area contributed by atoms with Gasteiger partial charge < -0.3 is 8.98 Å². The first kappa shape index (κ1) is 15.8. The molecular weight excluding hydrogens is 336 g/mol. The predicted octanol–water partition coefficient (Wildman–Crippen LogP) is 3.06. The minimum absolute atomic E-state index is 0.0244. The largest absolute Gasteiger partial charge is 0.423 e. The molecule has 0 saturated heterocycles. The van der Waals surface area contributed by atoms with Crippen molar-refractivity contribution in [1.82, 2.24) is 4.57 Å². The molecule has 0 fully saturated rings. The van der Waals surface area contributed by atoms with Crippen LogP contribution in [0.4, 0.5) is 5.69 Å². The predicted molar refractivity (Wildman–Crippen MR) is 96.4 cm³/mol. The van der Waals surface area contributed by atoms with Gasteiger partial charge in [0.15, 0.2) is 0 Å². The minimum Gasteiger partial charge on any atom is -0.423 e. The Kier molecular flexibility index (Phi) is 3.62. The van der Waals surface area contributed by atoms with E-state index >= 15 is 0 Å². The molecule has 2 aromatic heterocycles. The van der Waals surface area contributed by atoms with Crippen LogP contribution in [0, 0.1) is 10.1 Å². The maximum atomic E-state index is 12.1. The highest BCUT2D eigenvalue weighted by atomic mass is 16.6. The molecule has 0 N–H and O–H groups in total. The number of hydrogen-bond donors (Lipinski definition) is 0. The number of hydrogen-bond acceptors (Lipinski definition) is 5. The Morgan fingerprint density at radius 2 is 1.85 bits per heavy atom. The molecule has 0 amide bonds. The van der Waals surface area contributed by atoms with Crippen LogP contribution in [-0.4, -0.2) is 9.49 Å². The lowest BCUT2D eigenvalue weighted by molar-refractivity contribution is -0.385. The van der Waals surface area contributed by atoms with Crippen LogP contribution >= 0.6 is 0 Å². The van der Waals surface area contributed by atoms with Gasteiger partial charge in [0.05, 0.1) is 17.7 Å². The van der Waals surface area contributed by atoms with Crippen molar-refractivity contribution in [2.45, 2.75) is 6.54 Å². The maximum Gasteiger partial charge on any atom is 0.336 e. The molecule has 2 aromatic carbocycles.